The minimum atomic E-state index is -0.759. The van der Waals surface area contributed by atoms with Gasteiger partial charge in [-0.3, -0.25) is 4.79 Å². The number of thiazole rings is 1. The monoisotopic (exact) mass is 308 g/mol. The molecule has 1 aliphatic rings. The molecule has 0 radical (unpaired) electrons. The number of carbonyl (C=O) groups is 1. The number of aromatic nitrogens is 1. The Morgan fingerprint density at radius 1 is 1.55 bits per heavy atom. The molecule has 3 heterocycles. The number of nitrogens with zero attached hydrogens (tertiary/aromatic N) is 2. The first kappa shape index (κ1) is 13.7. The number of rotatable bonds is 2. The van der Waals surface area contributed by atoms with Crippen molar-refractivity contribution in [2.45, 2.75) is 25.9 Å². The molecule has 0 aromatic carbocycles. The average molecular weight is 308 g/mol. The highest BCUT2D eigenvalue weighted by atomic mass is 32.1. The van der Waals surface area contributed by atoms with E-state index in [1.165, 1.54) is 11.3 Å². The lowest BCUT2D eigenvalue weighted by Crippen LogP contribution is -2.33. The van der Waals surface area contributed by atoms with E-state index >= 15 is 0 Å². The summed E-state index contributed by atoms with van der Waals surface area (Å²) < 4.78 is 0. The normalized spacial score (nSPS) is 22.4. The van der Waals surface area contributed by atoms with Crippen molar-refractivity contribution >= 4 is 28.6 Å². The third-order valence-electron chi connectivity index (χ3n) is 3.50. The van der Waals surface area contributed by atoms with Crippen molar-refractivity contribution in [3.8, 4) is 10.6 Å². The van der Waals surface area contributed by atoms with Gasteiger partial charge in [-0.1, -0.05) is 0 Å². The van der Waals surface area contributed by atoms with Crippen LogP contribution < -0.4 is 0 Å². The fourth-order valence-corrected chi connectivity index (χ4v) is 4.11. The molecule has 0 bridgehead atoms. The molecule has 2 aromatic heterocycles. The summed E-state index contributed by atoms with van der Waals surface area (Å²) >= 11 is 3.06. The number of hydrogen-bond donors (Lipinski definition) is 1. The second-order valence-corrected chi connectivity index (χ2v) is 7.20. The predicted octanol–water partition coefficient (Wildman–Crippen LogP) is 2.78. The molecule has 1 fully saturated rings. The zero-order valence-corrected chi connectivity index (χ0v) is 13.1. The van der Waals surface area contributed by atoms with Crippen LogP contribution in [0.1, 0.15) is 28.7 Å². The summed E-state index contributed by atoms with van der Waals surface area (Å²) in [6, 6.07) is 2.01. The Balaban J connectivity index is 1.86. The summed E-state index contributed by atoms with van der Waals surface area (Å²) in [4.78, 5) is 19.4. The van der Waals surface area contributed by atoms with Crippen LogP contribution in [0.5, 0.6) is 0 Å². The van der Waals surface area contributed by atoms with Gasteiger partial charge in [-0.25, -0.2) is 4.98 Å². The highest BCUT2D eigenvalue weighted by molar-refractivity contribution is 7.17. The van der Waals surface area contributed by atoms with Gasteiger partial charge in [-0.15, -0.1) is 11.3 Å². The summed E-state index contributed by atoms with van der Waals surface area (Å²) in [6.45, 7) is 4.65. The molecule has 0 saturated carbocycles. The van der Waals surface area contributed by atoms with E-state index in [4.69, 9.17) is 0 Å². The Labute approximate surface area is 125 Å². The van der Waals surface area contributed by atoms with Crippen molar-refractivity contribution in [2.75, 3.05) is 13.1 Å². The molecule has 20 heavy (non-hydrogen) atoms. The Bertz CT molecular complexity index is 632. The smallest absolute Gasteiger partial charge is 0.265 e. The molecule has 4 nitrogen and oxygen atoms in total. The molecule has 3 rings (SSSR count). The van der Waals surface area contributed by atoms with Crippen LogP contribution in [-0.2, 0) is 0 Å². The molecule has 1 amide bonds. The van der Waals surface area contributed by atoms with Crippen LogP contribution in [0.2, 0.25) is 0 Å². The average Bonchev–Trinajstić information content (AvgIpc) is 3.07. The summed E-state index contributed by atoms with van der Waals surface area (Å²) in [5, 5.41) is 14.9. The first-order valence-electron chi connectivity index (χ1n) is 6.48. The van der Waals surface area contributed by atoms with Gasteiger partial charge in [0.2, 0.25) is 0 Å². The molecule has 2 aromatic rings. The number of carbonyl (C=O) groups excluding carboxylic acids is 1. The summed E-state index contributed by atoms with van der Waals surface area (Å²) in [5.41, 5.74) is 1.08. The van der Waals surface area contributed by atoms with Crippen molar-refractivity contribution in [3.05, 3.63) is 27.4 Å². The maximum absolute atomic E-state index is 12.5. The predicted molar refractivity (Wildman–Crippen MR) is 81.3 cm³/mol. The van der Waals surface area contributed by atoms with Gasteiger partial charge < -0.3 is 10.0 Å². The van der Waals surface area contributed by atoms with Crippen LogP contribution >= 0.6 is 22.7 Å². The van der Waals surface area contributed by atoms with Gasteiger partial charge in [0, 0.05) is 24.0 Å². The van der Waals surface area contributed by atoms with Gasteiger partial charge >= 0.3 is 0 Å². The second-order valence-electron chi connectivity index (χ2n) is 5.42. The van der Waals surface area contributed by atoms with Gasteiger partial charge in [0.05, 0.1) is 11.3 Å². The third-order valence-corrected chi connectivity index (χ3v) is 5.38. The topological polar surface area (TPSA) is 53.4 Å². The van der Waals surface area contributed by atoms with Crippen molar-refractivity contribution < 1.29 is 9.90 Å². The van der Waals surface area contributed by atoms with E-state index in [-0.39, 0.29) is 5.91 Å². The zero-order chi connectivity index (χ0) is 14.3. The largest absolute Gasteiger partial charge is 0.388 e. The van der Waals surface area contributed by atoms with Crippen LogP contribution in [0.4, 0.5) is 0 Å². The first-order chi connectivity index (χ1) is 9.46. The number of aryl methyl sites for hydroxylation is 1. The van der Waals surface area contributed by atoms with E-state index < -0.39 is 5.60 Å². The lowest BCUT2D eigenvalue weighted by Gasteiger charge is -2.18. The molecule has 0 aliphatic carbocycles. The Kier molecular flexibility index (Phi) is 3.40. The van der Waals surface area contributed by atoms with Crippen molar-refractivity contribution in [2.24, 2.45) is 0 Å². The number of aliphatic hydroxyl groups is 1. The van der Waals surface area contributed by atoms with Crippen LogP contribution in [0, 0.1) is 6.92 Å². The molecule has 6 heteroatoms. The summed E-state index contributed by atoms with van der Waals surface area (Å²) in [5.74, 6) is -0.0146. The lowest BCUT2D eigenvalue weighted by molar-refractivity contribution is 0.0574. The molecular weight excluding hydrogens is 292 g/mol. The van der Waals surface area contributed by atoms with Crippen molar-refractivity contribution in [1.29, 1.82) is 0 Å². The molecule has 1 saturated heterocycles. The number of likely N-dealkylation sites (tertiary alicyclic amines) is 1. The van der Waals surface area contributed by atoms with Crippen molar-refractivity contribution in [1.82, 2.24) is 9.88 Å². The quantitative estimate of drug-likeness (QED) is 0.928. The molecule has 1 aliphatic heterocycles. The Morgan fingerprint density at radius 3 is 2.95 bits per heavy atom. The standard InChI is InChI=1S/C14H16N2O2S2/c1-9-11(13(17)16-5-4-14(2,18)8-16)20-12(15-9)10-3-6-19-7-10/h3,6-7,18H,4-5,8H2,1-2H3. The van der Waals surface area contributed by atoms with E-state index in [1.54, 1.807) is 23.2 Å². The fourth-order valence-electron chi connectivity index (χ4n) is 2.37. The summed E-state index contributed by atoms with van der Waals surface area (Å²) in [6.07, 6.45) is 0.633. The van der Waals surface area contributed by atoms with Gasteiger partial charge in [0.15, 0.2) is 0 Å². The summed E-state index contributed by atoms with van der Waals surface area (Å²) in [7, 11) is 0. The minimum Gasteiger partial charge on any atom is -0.388 e. The molecule has 0 spiro atoms. The van der Waals surface area contributed by atoms with Crippen LogP contribution in [0.15, 0.2) is 16.8 Å². The first-order valence-corrected chi connectivity index (χ1v) is 8.24. The fraction of sp³-hybridized carbons (Fsp3) is 0.429. The maximum atomic E-state index is 12.5. The van der Waals surface area contributed by atoms with Gasteiger partial charge in [0.25, 0.3) is 5.91 Å². The lowest BCUT2D eigenvalue weighted by atomic mass is 10.1. The minimum absolute atomic E-state index is 0.0146. The highest BCUT2D eigenvalue weighted by Crippen LogP contribution is 2.31. The van der Waals surface area contributed by atoms with E-state index in [2.05, 4.69) is 4.98 Å². The maximum Gasteiger partial charge on any atom is 0.265 e. The van der Waals surface area contributed by atoms with E-state index in [0.29, 0.717) is 24.4 Å². The molecule has 1 unspecified atom stereocenters. The van der Waals surface area contributed by atoms with Gasteiger partial charge in [-0.2, -0.15) is 11.3 Å². The number of hydrogen-bond acceptors (Lipinski definition) is 5. The van der Waals surface area contributed by atoms with Crippen LogP contribution in [0.3, 0.4) is 0 Å². The number of amides is 1. The van der Waals surface area contributed by atoms with Gasteiger partial charge in [-0.05, 0) is 31.7 Å². The van der Waals surface area contributed by atoms with Crippen LogP contribution in [-0.4, -0.2) is 39.6 Å². The van der Waals surface area contributed by atoms with E-state index in [1.807, 2.05) is 23.8 Å². The molecular formula is C14H16N2O2S2. The van der Waals surface area contributed by atoms with Gasteiger partial charge in [0.1, 0.15) is 9.88 Å². The number of thiophene rings is 1. The van der Waals surface area contributed by atoms with Crippen molar-refractivity contribution in [3.63, 3.8) is 0 Å². The SMILES string of the molecule is Cc1nc(-c2ccsc2)sc1C(=O)N1CCC(C)(O)C1. The van der Waals surface area contributed by atoms with E-state index in [9.17, 15) is 9.90 Å². The van der Waals surface area contributed by atoms with Crippen LogP contribution in [0.25, 0.3) is 10.6 Å². The Morgan fingerprint density at radius 2 is 2.35 bits per heavy atom. The second kappa shape index (κ2) is 4.95. The molecule has 1 atom stereocenters. The molecule has 1 N–H and O–H groups in total. The Hall–Kier alpha value is -1.24. The number of β-amino-alcohol motifs (C(OH)–C–C–N with tert-alkyl or cyclic N) is 1. The highest BCUT2D eigenvalue weighted by Gasteiger charge is 2.35. The molecule has 106 valence electrons. The zero-order valence-electron chi connectivity index (χ0n) is 11.4. The third kappa shape index (κ3) is 2.51. The van der Waals surface area contributed by atoms with E-state index in [0.717, 1.165) is 16.3 Å².